The van der Waals surface area contributed by atoms with Gasteiger partial charge in [0, 0.05) is 0 Å². The van der Waals surface area contributed by atoms with Crippen molar-refractivity contribution in [3.63, 3.8) is 0 Å². The Morgan fingerprint density at radius 3 is 2.20 bits per heavy atom. The second-order valence-corrected chi connectivity index (χ2v) is 6.75. The number of hydrogen-bond donors (Lipinski definition) is 2. The second-order valence-electron chi connectivity index (χ2n) is 6.75. The molecule has 30 heavy (non-hydrogen) atoms. The summed E-state index contributed by atoms with van der Waals surface area (Å²) in [6.07, 6.45) is -4.52. The van der Waals surface area contributed by atoms with Crippen molar-refractivity contribution < 1.29 is 27.8 Å². The third-order valence-corrected chi connectivity index (χ3v) is 4.58. The van der Waals surface area contributed by atoms with Gasteiger partial charge in [0.25, 0.3) is 0 Å². The predicted octanol–water partition coefficient (Wildman–Crippen LogP) is 5.19. The van der Waals surface area contributed by atoms with Crippen molar-refractivity contribution in [1.82, 2.24) is 0 Å². The number of carbonyl (C=O) groups is 1. The molecule has 3 aromatic carbocycles. The van der Waals surface area contributed by atoms with E-state index >= 15 is 0 Å². The first-order valence-corrected chi connectivity index (χ1v) is 9.16. The minimum Gasteiger partial charge on any atom is -0.508 e. The summed E-state index contributed by atoms with van der Waals surface area (Å²) in [5.74, 6) is 0.136. The molecule has 4 nitrogen and oxygen atoms in total. The summed E-state index contributed by atoms with van der Waals surface area (Å²) in [6.45, 7) is 0. The lowest BCUT2D eigenvalue weighted by atomic mass is 9.99. The summed E-state index contributed by atoms with van der Waals surface area (Å²) < 4.78 is 45.8. The lowest BCUT2D eigenvalue weighted by Gasteiger charge is -2.18. The molecule has 0 heterocycles. The Kier molecular flexibility index (Phi) is 6.30. The Balaban J connectivity index is 1.88. The lowest BCUT2D eigenvalue weighted by Crippen LogP contribution is -2.20. The van der Waals surface area contributed by atoms with E-state index in [4.69, 9.17) is 4.74 Å². The van der Waals surface area contributed by atoms with Gasteiger partial charge in [-0.3, -0.25) is 4.79 Å². The molecule has 0 aromatic heterocycles. The standard InChI is InChI=1S/C23H20F3NO3/c1-30-19-11-7-16(8-12-19)14-21(29)27-22-17(3-2-4-20(22)23(24,25)26)13-15-5-9-18(28)10-6-15/h2-12,28H,13-14H2,1H3,(H,27,29). The quantitative estimate of drug-likeness (QED) is 0.582. The number of hydrogen-bond acceptors (Lipinski definition) is 3. The fourth-order valence-electron chi connectivity index (χ4n) is 3.08. The summed E-state index contributed by atoms with van der Waals surface area (Å²) in [4.78, 5) is 12.5. The summed E-state index contributed by atoms with van der Waals surface area (Å²) in [5, 5.41) is 11.9. The molecule has 0 aliphatic carbocycles. The maximum absolute atomic E-state index is 13.6. The molecule has 0 fully saturated rings. The third kappa shape index (κ3) is 5.31. The summed E-state index contributed by atoms with van der Waals surface area (Å²) in [7, 11) is 1.52. The van der Waals surface area contributed by atoms with Crippen LogP contribution in [0.1, 0.15) is 22.3 Å². The van der Waals surface area contributed by atoms with Crippen LogP contribution in [-0.2, 0) is 23.8 Å². The van der Waals surface area contributed by atoms with Crippen LogP contribution in [0.3, 0.4) is 0 Å². The first-order valence-electron chi connectivity index (χ1n) is 9.16. The van der Waals surface area contributed by atoms with Crippen LogP contribution in [0.2, 0.25) is 0 Å². The zero-order valence-corrected chi connectivity index (χ0v) is 16.2. The van der Waals surface area contributed by atoms with Crippen molar-refractivity contribution >= 4 is 11.6 Å². The van der Waals surface area contributed by atoms with E-state index in [1.807, 2.05) is 0 Å². The highest BCUT2D eigenvalue weighted by Gasteiger charge is 2.34. The number of rotatable bonds is 6. The number of methoxy groups -OCH3 is 1. The molecule has 0 aliphatic rings. The molecule has 0 saturated carbocycles. The van der Waals surface area contributed by atoms with Gasteiger partial charge in [-0.15, -0.1) is 0 Å². The Bertz CT molecular complexity index is 1010. The van der Waals surface area contributed by atoms with Crippen LogP contribution in [0, 0.1) is 0 Å². The second kappa shape index (κ2) is 8.90. The van der Waals surface area contributed by atoms with Gasteiger partial charge in [0.1, 0.15) is 11.5 Å². The number of amides is 1. The molecule has 156 valence electrons. The molecule has 3 rings (SSSR count). The summed E-state index contributed by atoms with van der Waals surface area (Å²) in [5.41, 5.74) is 0.535. The minimum absolute atomic E-state index is 0.0656. The van der Waals surface area contributed by atoms with Crippen molar-refractivity contribution in [3.8, 4) is 11.5 Å². The molecule has 1 amide bonds. The van der Waals surface area contributed by atoms with Crippen molar-refractivity contribution in [2.75, 3.05) is 12.4 Å². The van der Waals surface area contributed by atoms with Gasteiger partial charge in [-0.25, -0.2) is 0 Å². The van der Waals surface area contributed by atoms with E-state index in [1.165, 1.54) is 25.3 Å². The molecule has 0 bridgehead atoms. The largest absolute Gasteiger partial charge is 0.508 e. The molecular formula is C23H20F3NO3. The van der Waals surface area contributed by atoms with Crippen molar-refractivity contribution in [2.45, 2.75) is 19.0 Å². The molecular weight excluding hydrogens is 395 g/mol. The van der Waals surface area contributed by atoms with E-state index in [2.05, 4.69) is 5.32 Å². The van der Waals surface area contributed by atoms with Crippen LogP contribution < -0.4 is 10.1 Å². The predicted molar refractivity (Wildman–Crippen MR) is 108 cm³/mol. The Hall–Kier alpha value is -3.48. The van der Waals surface area contributed by atoms with Gasteiger partial charge in [-0.2, -0.15) is 13.2 Å². The molecule has 0 atom stereocenters. The SMILES string of the molecule is COc1ccc(CC(=O)Nc2c(Cc3ccc(O)cc3)cccc2C(F)(F)F)cc1. The van der Waals surface area contributed by atoms with Crippen LogP contribution in [0.15, 0.2) is 66.7 Å². The smallest absolute Gasteiger partial charge is 0.418 e. The molecule has 0 aliphatic heterocycles. The Morgan fingerprint density at radius 2 is 1.60 bits per heavy atom. The highest BCUT2D eigenvalue weighted by Crippen LogP contribution is 2.37. The summed E-state index contributed by atoms with van der Waals surface area (Å²) >= 11 is 0. The number of nitrogens with one attached hydrogen (secondary N) is 1. The van der Waals surface area contributed by atoms with Gasteiger partial charge in [-0.1, -0.05) is 36.4 Å². The Morgan fingerprint density at radius 1 is 0.967 bits per heavy atom. The average Bonchev–Trinajstić information content (AvgIpc) is 2.70. The number of phenolic OH excluding ortho intramolecular Hbond substituents is 1. The highest BCUT2D eigenvalue weighted by molar-refractivity contribution is 5.94. The zero-order chi connectivity index (χ0) is 21.7. The molecule has 2 N–H and O–H groups in total. The van der Waals surface area contributed by atoms with E-state index in [0.29, 0.717) is 22.4 Å². The molecule has 0 spiro atoms. The van der Waals surface area contributed by atoms with Crippen LogP contribution in [0.4, 0.5) is 18.9 Å². The first kappa shape index (κ1) is 21.2. The van der Waals surface area contributed by atoms with Gasteiger partial charge in [0.15, 0.2) is 0 Å². The van der Waals surface area contributed by atoms with Crippen LogP contribution >= 0.6 is 0 Å². The van der Waals surface area contributed by atoms with Crippen LogP contribution in [0.5, 0.6) is 11.5 Å². The molecule has 0 unspecified atom stereocenters. The van der Waals surface area contributed by atoms with Gasteiger partial charge in [-0.05, 0) is 53.4 Å². The number of phenols is 1. The molecule has 0 radical (unpaired) electrons. The van der Waals surface area contributed by atoms with Gasteiger partial charge in [0.2, 0.25) is 5.91 Å². The normalized spacial score (nSPS) is 11.2. The van der Waals surface area contributed by atoms with E-state index in [1.54, 1.807) is 42.5 Å². The number of aromatic hydroxyl groups is 1. The maximum Gasteiger partial charge on any atom is 0.418 e. The van der Waals surface area contributed by atoms with E-state index in [-0.39, 0.29) is 24.3 Å². The lowest BCUT2D eigenvalue weighted by molar-refractivity contribution is -0.137. The highest BCUT2D eigenvalue weighted by atomic mass is 19.4. The number of carbonyl (C=O) groups excluding carboxylic acids is 1. The van der Waals surface area contributed by atoms with Crippen molar-refractivity contribution in [2.24, 2.45) is 0 Å². The van der Waals surface area contributed by atoms with E-state index in [0.717, 1.165) is 6.07 Å². The van der Waals surface area contributed by atoms with Crippen molar-refractivity contribution in [1.29, 1.82) is 0 Å². The Labute approximate surface area is 171 Å². The molecule has 7 heteroatoms. The van der Waals surface area contributed by atoms with Gasteiger partial charge < -0.3 is 15.2 Å². The van der Waals surface area contributed by atoms with E-state index < -0.39 is 17.6 Å². The van der Waals surface area contributed by atoms with Gasteiger partial charge in [0.05, 0.1) is 24.8 Å². The van der Waals surface area contributed by atoms with Crippen LogP contribution in [-0.4, -0.2) is 18.1 Å². The maximum atomic E-state index is 13.6. The topological polar surface area (TPSA) is 58.6 Å². The van der Waals surface area contributed by atoms with Gasteiger partial charge >= 0.3 is 6.18 Å². The number of halogens is 3. The first-order chi connectivity index (χ1) is 14.3. The monoisotopic (exact) mass is 415 g/mol. The molecule has 0 saturated heterocycles. The number of anilines is 1. The number of benzene rings is 3. The fraction of sp³-hybridized carbons (Fsp3) is 0.174. The van der Waals surface area contributed by atoms with Crippen molar-refractivity contribution in [3.05, 3.63) is 89.0 Å². The van der Waals surface area contributed by atoms with Crippen LogP contribution in [0.25, 0.3) is 0 Å². The summed E-state index contributed by atoms with van der Waals surface area (Å²) in [6, 6.07) is 16.7. The van der Waals surface area contributed by atoms with E-state index in [9.17, 15) is 23.1 Å². The molecule has 3 aromatic rings. The fourth-order valence-corrected chi connectivity index (χ4v) is 3.08. The zero-order valence-electron chi connectivity index (χ0n) is 16.2. The number of para-hydroxylation sites is 1. The number of ether oxygens (including phenoxy) is 1. The number of alkyl halides is 3. The third-order valence-electron chi connectivity index (χ3n) is 4.58. The average molecular weight is 415 g/mol. The minimum atomic E-state index is -4.62.